The number of aliphatic hydroxyl groups excluding tert-OH is 1. The standard InChI is InChI=1S/C16H18N2O3/c1-17-9-5-10-18(12-15(17)20)16(21)14-8-3-2-6-13(14)7-4-11-19/h2-3,6,8,19H,5,9-12H2,1H3. The summed E-state index contributed by atoms with van der Waals surface area (Å²) in [4.78, 5) is 27.7. The van der Waals surface area contributed by atoms with Crippen molar-refractivity contribution in [1.82, 2.24) is 9.80 Å². The van der Waals surface area contributed by atoms with Crippen molar-refractivity contribution >= 4 is 11.8 Å². The van der Waals surface area contributed by atoms with Crippen LogP contribution in [0.3, 0.4) is 0 Å². The minimum absolute atomic E-state index is 0.0558. The van der Waals surface area contributed by atoms with Crippen LogP contribution in [0.5, 0.6) is 0 Å². The fourth-order valence-corrected chi connectivity index (χ4v) is 2.24. The first-order chi connectivity index (χ1) is 10.1. The Morgan fingerprint density at radius 2 is 2.10 bits per heavy atom. The molecule has 1 N–H and O–H groups in total. The third-order valence-corrected chi connectivity index (χ3v) is 3.42. The van der Waals surface area contributed by atoms with Gasteiger partial charge in [-0.25, -0.2) is 0 Å². The summed E-state index contributed by atoms with van der Waals surface area (Å²) in [5.74, 6) is 5.08. The number of aliphatic hydroxyl groups is 1. The number of benzene rings is 1. The molecule has 0 aliphatic carbocycles. The largest absolute Gasteiger partial charge is 0.384 e. The zero-order chi connectivity index (χ0) is 15.2. The molecular formula is C16H18N2O3. The van der Waals surface area contributed by atoms with E-state index in [0.717, 1.165) is 6.42 Å². The lowest BCUT2D eigenvalue weighted by molar-refractivity contribution is -0.129. The van der Waals surface area contributed by atoms with Crippen LogP contribution in [0.2, 0.25) is 0 Å². The number of hydrogen-bond donors (Lipinski definition) is 1. The fraction of sp³-hybridized carbons (Fsp3) is 0.375. The van der Waals surface area contributed by atoms with E-state index in [4.69, 9.17) is 5.11 Å². The molecule has 21 heavy (non-hydrogen) atoms. The van der Waals surface area contributed by atoms with Gasteiger partial charge in [0, 0.05) is 25.7 Å². The van der Waals surface area contributed by atoms with Gasteiger partial charge in [-0.1, -0.05) is 24.0 Å². The molecule has 1 saturated heterocycles. The van der Waals surface area contributed by atoms with Gasteiger partial charge in [-0.2, -0.15) is 0 Å². The van der Waals surface area contributed by atoms with E-state index >= 15 is 0 Å². The maximum atomic E-state index is 12.6. The first kappa shape index (κ1) is 15.1. The molecule has 0 radical (unpaired) electrons. The Kier molecular flexibility index (Phi) is 4.96. The summed E-state index contributed by atoms with van der Waals surface area (Å²) in [5.41, 5.74) is 1.04. The Morgan fingerprint density at radius 1 is 1.33 bits per heavy atom. The lowest BCUT2D eigenvalue weighted by atomic mass is 10.1. The Labute approximate surface area is 124 Å². The predicted molar refractivity (Wildman–Crippen MR) is 78.6 cm³/mol. The highest BCUT2D eigenvalue weighted by molar-refractivity contribution is 5.98. The normalized spacial score (nSPS) is 15.2. The summed E-state index contributed by atoms with van der Waals surface area (Å²) in [5, 5.41) is 8.79. The van der Waals surface area contributed by atoms with Crippen LogP contribution in [-0.2, 0) is 4.79 Å². The molecule has 1 aromatic carbocycles. The molecule has 0 saturated carbocycles. The molecule has 2 amide bonds. The van der Waals surface area contributed by atoms with Crippen LogP contribution in [0.1, 0.15) is 22.3 Å². The molecule has 1 aliphatic heterocycles. The van der Waals surface area contributed by atoms with Gasteiger partial charge in [0.25, 0.3) is 5.91 Å². The van der Waals surface area contributed by atoms with E-state index in [1.165, 1.54) is 0 Å². The number of amides is 2. The Hall–Kier alpha value is -2.32. The summed E-state index contributed by atoms with van der Waals surface area (Å²) in [6.07, 6.45) is 0.762. The monoisotopic (exact) mass is 286 g/mol. The average Bonchev–Trinajstić information content (AvgIpc) is 2.67. The van der Waals surface area contributed by atoms with Crippen molar-refractivity contribution in [2.24, 2.45) is 0 Å². The highest BCUT2D eigenvalue weighted by atomic mass is 16.2. The molecule has 0 unspecified atom stereocenters. The van der Waals surface area contributed by atoms with Crippen molar-refractivity contribution in [2.75, 3.05) is 33.3 Å². The van der Waals surface area contributed by atoms with Crippen LogP contribution >= 0.6 is 0 Å². The van der Waals surface area contributed by atoms with Crippen molar-refractivity contribution in [1.29, 1.82) is 0 Å². The number of nitrogens with zero attached hydrogens (tertiary/aromatic N) is 2. The maximum Gasteiger partial charge on any atom is 0.255 e. The van der Waals surface area contributed by atoms with E-state index in [-0.39, 0.29) is 25.0 Å². The Balaban J connectivity index is 2.25. The summed E-state index contributed by atoms with van der Waals surface area (Å²) < 4.78 is 0. The molecule has 5 heteroatoms. The van der Waals surface area contributed by atoms with Crippen molar-refractivity contribution in [3.8, 4) is 11.8 Å². The highest BCUT2D eigenvalue weighted by Gasteiger charge is 2.24. The van der Waals surface area contributed by atoms with Crippen LogP contribution in [0.15, 0.2) is 24.3 Å². The van der Waals surface area contributed by atoms with Gasteiger partial charge in [0.1, 0.15) is 13.2 Å². The van der Waals surface area contributed by atoms with Gasteiger partial charge in [0.2, 0.25) is 5.91 Å². The van der Waals surface area contributed by atoms with Crippen molar-refractivity contribution in [3.05, 3.63) is 35.4 Å². The lowest BCUT2D eigenvalue weighted by Gasteiger charge is -2.20. The van der Waals surface area contributed by atoms with Crippen LogP contribution in [0.25, 0.3) is 0 Å². The predicted octanol–water partition coefficient (Wildman–Crippen LogP) is 0.335. The summed E-state index contributed by atoms with van der Waals surface area (Å²) in [6, 6.07) is 6.99. The minimum Gasteiger partial charge on any atom is -0.384 e. The molecule has 5 nitrogen and oxygen atoms in total. The highest BCUT2D eigenvalue weighted by Crippen LogP contribution is 2.13. The van der Waals surface area contributed by atoms with Gasteiger partial charge in [0.15, 0.2) is 0 Å². The van der Waals surface area contributed by atoms with E-state index in [9.17, 15) is 9.59 Å². The second-order valence-corrected chi connectivity index (χ2v) is 4.90. The van der Waals surface area contributed by atoms with E-state index in [2.05, 4.69) is 11.8 Å². The van der Waals surface area contributed by atoms with Gasteiger partial charge >= 0.3 is 0 Å². The van der Waals surface area contributed by atoms with Crippen LogP contribution < -0.4 is 0 Å². The van der Waals surface area contributed by atoms with E-state index < -0.39 is 0 Å². The number of rotatable bonds is 1. The zero-order valence-electron chi connectivity index (χ0n) is 12.0. The Bertz CT molecular complexity index is 601. The number of carbonyl (C=O) groups excluding carboxylic acids is 2. The minimum atomic E-state index is -0.254. The van der Waals surface area contributed by atoms with Gasteiger partial charge in [-0.15, -0.1) is 0 Å². The van der Waals surface area contributed by atoms with Crippen molar-refractivity contribution < 1.29 is 14.7 Å². The molecule has 0 atom stereocenters. The molecule has 1 aliphatic rings. The molecule has 110 valence electrons. The smallest absolute Gasteiger partial charge is 0.255 e. The summed E-state index contributed by atoms with van der Waals surface area (Å²) in [7, 11) is 1.75. The van der Waals surface area contributed by atoms with Gasteiger partial charge in [-0.05, 0) is 18.6 Å². The van der Waals surface area contributed by atoms with Crippen LogP contribution in [0, 0.1) is 11.8 Å². The molecule has 0 aromatic heterocycles. The van der Waals surface area contributed by atoms with E-state index in [1.54, 1.807) is 41.1 Å². The third kappa shape index (κ3) is 3.61. The lowest BCUT2D eigenvalue weighted by Crippen LogP contribution is -2.38. The maximum absolute atomic E-state index is 12.6. The van der Waals surface area contributed by atoms with Gasteiger partial charge in [-0.3, -0.25) is 9.59 Å². The molecule has 1 heterocycles. The fourth-order valence-electron chi connectivity index (χ4n) is 2.24. The SMILES string of the molecule is CN1CCCN(C(=O)c2ccccc2C#CCO)CC1=O. The van der Waals surface area contributed by atoms with Crippen LogP contribution in [-0.4, -0.2) is 60.0 Å². The number of hydrogen-bond acceptors (Lipinski definition) is 3. The second kappa shape index (κ2) is 6.91. The van der Waals surface area contributed by atoms with Gasteiger partial charge in [0.05, 0.1) is 5.56 Å². The summed E-state index contributed by atoms with van der Waals surface area (Å²) in [6.45, 7) is 1.05. The summed E-state index contributed by atoms with van der Waals surface area (Å²) >= 11 is 0. The molecule has 0 bridgehead atoms. The number of likely N-dealkylation sites (N-methyl/N-ethyl adjacent to an activating group) is 1. The third-order valence-electron chi connectivity index (χ3n) is 3.42. The Morgan fingerprint density at radius 3 is 2.86 bits per heavy atom. The first-order valence-electron chi connectivity index (χ1n) is 6.85. The van der Waals surface area contributed by atoms with E-state index in [0.29, 0.717) is 24.2 Å². The molecule has 0 spiro atoms. The molecule has 1 aromatic rings. The van der Waals surface area contributed by atoms with Crippen molar-refractivity contribution in [2.45, 2.75) is 6.42 Å². The van der Waals surface area contributed by atoms with Gasteiger partial charge < -0.3 is 14.9 Å². The zero-order valence-corrected chi connectivity index (χ0v) is 12.0. The van der Waals surface area contributed by atoms with Crippen LogP contribution in [0.4, 0.5) is 0 Å². The first-order valence-corrected chi connectivity index (χ1v) is 6.85. The molecule has 2 rings (SSSR count). The second-order valence-electron chi connectivity index (χ2n) is 4.90. The average molecular weight is 286 g/mol. The number of carbonyl (C=O) groups is 2. The quantitative estimate of drug-likeness (QED) is 0.757. The topological polar surface area (TPSA) is 60.9 Å². The van der Waals surface area contributed by atoms with E-state index in [1.807, 2.05) is 0 Å². The van der Waals surface area contributed by atoms with Crippen molar-refractivity contribution in [3.63, 3.8) is 0 Å². The molecule has 1 fully saturated rings. The molecular weight excluding hydrogens is 268 g/mol.